The molecule has 2 aromatic rings. The van der Waals surface area contributed by atoms with Gasteiger partial charge in [-0.15, -0.1) is 0 Å². The Morgan fingerprint density at radius 3 is 2.87 bits per heavy atom. The predicted molar refractivity (Wildman–Crippen MR) is 107 cm³/mol. The molecule has 30 heavy (non-hydrogen) atoms. The molecule has 0 radical (unpaired) electrons. The third-order valence-electron chi connectivity index (χ3n) is 5.08. The smallest absolute Gasteiger partial charge is 0.253 e. The minimum absolute atomic E-state index is 0.0427. The van der Waals surface area contributed by atoms with Gasteiger partial charge in [0.1, 0.15) is 17.8 Å². The minimum Gasteiger partial charge on any atom is -0.476 e. The highest BCUT2D eigenvalue weighted by atomic mass is 35.5. The molecule has 2 amide bonds. The Balaban J connectivity index is 1.22. The number of rotatable bonds is 7. The van der Waals surface area contributed by atoms with Gasteiger partial charge in [-0.3, -0.25) is 14.3 Å². The second-order valence-corrected chi connectivity index (χ2v) is 8.33. The number of amides is 2. The van der Waals surface area contributed by atoms with Crippen LogP contribution >= 0.6 is 11.6 Å². The largest absolute Gasteiger partial charge is 0.476 e. The number of ether oxygens (including phenoxy) is 2. The number of carbonyl (C=O) groups is 2. The van der Waals surface area contributed by atoms with Crippen molar-refractivity contribution in [1.82, 2.24) is 24.6 Å². The molecule has 2 aromatic heterocycles. The maximum absolute atomic E-state index is 12.5. The lowest BCUT2D eigenvalue weighted by atomic mass is 9.83. The highest BCUT2D eigenvalue weighted by molar-refractivity contribution is 6.29. The lowest BCUT2D eigenvalue weighted by Crippen LogP contribution is -2.60. The van der Waals surface area contributed by atoms with E-state index in [-0.39, 0.29) is 23.8 Å². The quantitative estimate of drug-likeness (QED) is 0.700. The summed E-state index contributed by atoms with van der Waals surface area (Å²) in [6.07, 6.45) is 7.28. The predicted octanol–water partition coefficient (Wildman–Crippen LogP) is 1.37. The number of carbonyl (C=O) groups excluding carboxylic acids is 2. The second kappa shape index (κ2) is 8.57. The summed E-state index contributed by atoms with van der Waals surface area (Å²) in [6.45, 7) is 4.35. The summed E-state index contributed by atoms with van der Waals surface area (Å²) in [5.74, 6) is 0.181. The standard InChI is InChI=1S/C19H23ClN6O4/c1-19(12-30-16-7-21-15(20)6-22-16)10-25(11-19)17(27)9-26-8-13(5-23-26)24-18(28)14-3-2-4-29-14/h5-8,14H,2-4,9-12H2,1H3,(H,24,28). The van der Waals surface area contributed by atoms with Gasteiger partial charge in [0.2, 0.25) is 11.8 Å². The molecule has 2 aliphatic heterocycles. The highest BCUT2D eigenvalue weighted by Gasteiger charge is 2.42. The van der Waals surface area contributed by atoms with Crippen molar-refractivity contribution in [2.45, 2.75) is 32.4 Å². The van der Waals surface area contributed by atoms with Crippen molar-refractivity contribution in [3.05, 3.63) is 29.9 Å². The molecule has 0 aliphatic carbocycles. The molecule has 2 aliphatic rings. The fourth-order valence-electron chi connectivity index (χ4n) is 3.53. The van der Waals surface area contributed by atoms with Crippen molar-refractivity contribution in [3.63, 3.8) is 0 Å². The van der Waals surface area contributed by atoms with Gasteiger partial charge in [-0.25, -0.2) is 9.97 Å². The van der Waals surface area contributed by atoms with E-state index in [0.717, 1.165) is 12.8 Å². The van der Waals surface area contributed by atoms with E-state index in [1.54, 1.807) is 11.1 Å². The lowest BCUT2D eigenvalue weighted by Gasteiger charge is -2.47. The van der Waals surface area contributed by atoms with Crippen LogP contribution in [0.2, 0.25) is 5.15 Å². The maximum atomic E-state index is 12.5. The molecule has 2 fully saturated rings. The Hall–Kier alpha value is -2.72. The Bertz CT molecular complexity index is 906. The van der Waals surface area contributed by atoms with Crippen LogP contribution in [-0.4, -0.2) is 68.9 Å². The molecule has 4 heterocycles. The van der Waals surface area contributed by atoms with E-state index in [1.165, 1.54) is 23.3 Å². The first-order chi connectivity index (χ1) is 14.4. The molecule has 1 atom stereocenters. The van der Waals surface area contributed by atoms with E-state index in [0.29, 0.717) is 43.0 Å². The maximum Gasteiger partial charge on any atom is 0.253 e. The second-order valence-electron chi connectivity index (χ2n) is 7.94. The van der Waals surface area contributed by atoms with E-state index < -0.39 is 6.10 Å². The Labute approximate surface area is 178 Å². The van der Waals surface area contributed by atoms with Crippen LogP contribution in [0.3, 0.4) is 0 Å². The van der Waals surface area contributed by atoms with Crippen LogP contribution in [0.25, 0.3) is 0 Å². The first-order valence-corrected chi connectivity index (χ1v) is 10.1. The number of hydrogen-bond acceptors (Lipinski definition) is 7. The van der Waals surface area contributed by atoms with Crippen molar-refractivity contribution in [2.75, 3.05) is 31.6 Å². The number of anilines is 1. The SMILES string of the molecule is CC1(COc2cnc(Cl)cn2)CN(C(=O)Cn2cc(NC(=O)C3CCCO3)cn2)C1. The summed E-state index contributed by atoms with van der Waals surface area (Å²) in [4.78, 5) is 34.3. The zero-order valence-electron chi connectivity index (χ0n) is 16.6. The van der Waals surface area contributed by atoms with Gasteiger partial charge in [-0.1, -0.05) is 18.5 Å². The van der Waals surface area contributed by atoms with Gasteiger partial charge >= 0.3 is 0 Å². The molecule has 4 rings (SSSR count). The van der Waals surface area contributed by atoms with Crippen LogP contribution in [0.15, 0.2) is 24.8 Å². The Morgan fingerprint density at radius 2 is 2.17 bits per heavy atom. The summed E-state index contributed by atoms with van der Waals surface area (Å²) in [6, 6.07) is 0. The summed E-state index contributed by atoms with van der Waals surface area (Å²) in [5.41, 5.74) is 0.399. The van der Waals surface area contributed by atoms with E-state index in [4.69, 9.17) is 21.1 Å². The van der Waals surface area contributed by atoms with Crippen molar-refractivity contribution in [3.8, 4) is 5.88 Å². The summed E-state index contributed by atoms with van der Waals surface area (Å²) in [7, 11) is 0. The van der Waals surface area contributed by atoms with Crippen molar-refractivity contribution < 1.29 is 19.1 Å². The van der Waals surface area contributed by atoms with Gasteiger partial charge in [0.15, 0.2) is 0 Å². The van der Waals surface area contributed by atoms with E-state index in [2.05, 4.69) is 20.4 Å². The average molecular weight is 435 g/mol. The Kier molecular flexibility index (Phi) is 5.87. The number of halogens is 1. The number of nitrogens with one attached hydrogen (secondary N) is 1. The molecule has 0 spiro atoms. The van der Waals surface area contributed by atoms with E-state index in [9.17, 15) is 9.59 Å². The Morgan fingerprint density at radius 1 is 1.33 bits per heavy atom. The molecular formula is C19H23ClN6O4. The number of hydrogen-bond donors (Lipinski definition) is 1. The van der Waals surface area contributed by atoms with Gasteiger partial charge in [0, 0.05) is 31.3 Å². The van der Waals surface area contributed by atoms with E-state index >= 15 is 0 Å². The fourth-order valence-corrected chi connectivity index (χ4v) is 3.62. The molecule has 1 N–H and O–H groups in total. The fraction of sp³-hybridized carbons (Fsp3) is 0.526. The molecule has 160 valence electrons. The topological polar surface area (TPSA) is 111 Å². The summed E-state index contributed by atoms with van der Waals surface area (Å²) >= 11 is 5.71. The lowest BCUT2D eigenvalue weighted by molar-refractivity contribution is -0.145. The monoisotopic (exact) mass is 434 g/mol. The van der Waals surface area contributed by atoms with Crippen molar-refractivity contribution in [1.29, 1.82) is 0 Å². The van der Waals surface area contributed by atoms with Gasteiger partial charge in [0.25, 0.3) is 5.91 Å². The summed E-state index contributed by atoms with van der Waals surface area (Å²) < 4.78 is 12.5. The van der Waals surface area contributed by atoms with Crippen molar-refractivity contribution >= 4 is 29.1 Å². The van der Waals surface area contributed by atoms with Gasteiger partial charge < -0.3 is 19.7 Å². The third-order valence-corrected chi connectivity index (χ3v) is 5.28. The first-order valence-electron chi connectivity index (χ1n) is 9.73. The number of nitrogens with zero attached hydrogens (tertiary/aromatic N) is 5. The summed E-state index contributed by atoms with van der Waals surface area (Å²) in [5, 5.41) is 7.24. The van der Waals surface area contributed by atoms with Gasteiger partial charge in [-0.05, 0) is 12.8 Å². The molecule has 2 saturated heterocycles. The van der Waals surface area contributed by atoms with Gasteiger partial charge in [-0.2, -0.15) is 5.10 Å². The van der Waals surface area contributed by atoms with Crippen LogP contribution in [-0.2, 0) is 20.9 Å². The molecule has 11 heteroatoms. The highest BCUT2D eigenvalue weighted by Crippen LogP contribution is 2.30. The zero-order chi connectivity index (χ0) is 21.1. The third kappa shape index (κ3) is 4.88. The molecular weight excluding hydrogens is 412 g/mol. The van der Waals surface area contributed by atoms with Gasteiger partial charge in [0.05, 0.1) is 30.9 Å². The van der Waals surface area contributed by atoms with Crippen LogP contribution in [0, 0.1) is 5.41 Å². The molecule has 0 saturated carbocycles. The van der Waals surface area contributed by atoms with E-state index in [1.807, 2.05) is 6.92 Å². The zero-order valence-corrected chi connectivity index (χ0v) is 17.3. The van der Waals surface area contributed by atoms with Crippen LogP contribution in [0.5, 0.6) is 5.88 Å². The van der Waals surface area contributed by atoms with Crippen LogP contribution in [0.4, 0.5) is 5.69 Å². The molecule has 10 nitrogen and oxygen atoms in total. The van der Waals surface area contributed by atoms with Crippen LogP contribution < -0.4 is 10.1 Å². The molecule has 0 aromatic carbocycles. The molecule has 1 unspecified atom stereocenters. The molecule has 0 bridgehead atoms. The average Bonchev–Trinajstić information content (AvgIpc) is 3.37. The van der Waals surface area contributed by atoms with Crippen LogP contribution in [0.1, 0.15) is 19.8 Å². The van der Waals surface area contributed by atoms with Crippen molar-refractivity contribution in [2.24, 2.45) is 5.41 Å². The number of aromatic nitrogens is 4. The normalized spacial score (nSPS) is 19.9. The minimum atomic E-state index is -0.408. The first kappa shape index (κ1) is 20.5. The number of likely N-dealkylation sites (tertiary alicyclic amines) is 1.